The number of rotatable bonds is 3. The highest BCUT2D eigenvalue weighted by atomic mass is 16.5. The normalized spacial score (nSPS) is 28.6. The molecule has 0 radical (unpaired) electrons. The number of benzene rings is 1. The summed E-state index contributed by atoms with van der Waals surface area (Å²) in [7, 11) is 1.73. The number of fused-ring (bicyclic) bond motifs is 1. The van der Waals surface area contributed by atoms with Crippen molar-refractivity contribution in [2.45, 2.75) is 43.7 Å². The van der Waals surface area contributed by atoms with E-state index in [4.69, 9.17) is 4.74 Å². The molecule has 1 amide bonds. The van der Waals surface area contributed by atoms with E-state index in [1.165, 1.54) is 0 Å². The monoisotopic (exact) mass is 274 g/mol. The smallest absolute Gasteiger partial charge is 0.227 e. The van der Waals surface area contributed by atoms with Crippen molar-refractivity contribution in [3.8, 4) is 0 Å². The Morgan fingerprint density at radius 1 is 1.30 bits per heavy atom. The van der Waals surface area contributed by atoms with Crippen LogP contribution in [0.3, 0.4) is 0 Å². The van der Waals surface area contributed by atoms with E-state index in [9.17, 15) is 4.79 Å². The molecule has 4 heteroatoms. The Morgan fingerprint density at radius 2 is 2.15 bits per heavy atom. The molecule has 0 spiro atoms. The molecule has 2 N–H and O–H groups in total. The fourth-order valence-electron chi connectivity index (χ4n) is 3.40. The predicted octanol–water partition coefficient (Wildman–Crippen LogP) is 2.27. The molecule has 4 nitrogen and oxygen atoms in total. The van der Waals surface area contributed by atoms with Gasteiger partial charge in [0.05, 0.1) is 18.1 Å². The lowest BCUT2D eigenvalue weighted by Gasteiger charge is -2.28. The Kier molecular flexibility index (Phi) is 3.92. The van der Waals surface area contributed by atoms with Crippen molar-refractivity contribution >= 4 is 11.6 Å². The third-order valence-corrected chi connectivity index (χ3v) is 4.48. The number of hydrogen-bond acceptors (Lipinski definition) is 3. The predicted molar refractivity (Wildman–Crippen MR) is 78.9 cm³/mol. The zero-order valence-electron chi connectivity index (χ0n) is 11.9. The van der Waals surface area contributed by atoms with Crippen molar-refractivity contribution in [1.29, 1.82) is 0 Å². The first-order valence-electron chi connectivity index (χ1n) is 7.45. The molecular weight excluding hydrogens is 252 g/mol. The van der Waals surface area contributed by atoms with Crippen molar-refractivity contribution in [2.75, 3.05) is 19.0 Å². The molecule has 0 bridgehead atoms. The minimum Gasteiger partial charge on any atom is -0.385 e. The zero-order valence-corrected chi connectivity index (χ0v) is 11.9. The standard InChI is InChI=1S/C16H22N2O2/c1-20-15-8-4-7-14(15)18-16(19)12-9-10-17-13-6-3-2-5-11(12)13/h2-3,5-6,12,14-15,17H,4,7-10H2,1H3,(H,18,19). The van der Waals surface area contributed by atoms with Gasteiger partial charge < -0.3 is 15.4 Å². The lowest BCUT2D eigenvalue weighted by molar-refractivity contribution is -0.124. The van der Waals surface area contributed by atoms with Crippen molar-refractivity contribution in [1.82, 2.24) is 5.32 Å². The van der Waals surface area contributed by atoms with Gasteiger partial charge in [0, 0.05) is 19.3 Å². The van der Waals surface area contributed by atoms with Crippen LogP contribution >= 0.6 is 0 Å². The van der Waals surface area contributed by atoms with Crippen molar-refractivity contribution < 1.29 is 9.53 Å². The number of carbonyl (C=O) groups excluding carboxylic acids is 1. The summed E-state index contributed by atoms with van der Waals surface area (Å²) in [6.07, 6.45) is 4.23. The zero-order chi connectivity index (χ0) is 13.9. The summed E-state index contributed by atoms with van der Waals surface area (Å²) in [5, 5.41) is 6.56. The molecule has 1 aliphatic heterocycles. The average molecular weight is 274 g/mol. The van der Waals surface area contributed by atoms with Crippen LogP contribution in [-0.2, 0) is 9.53 Å². The van der Waals surface area contributed by atoms with Gasteiger partial charge in [-0.25, -0.2) is 0 Å². The molecule has 1 aromatic rings. The molecule has 20 heavy (non-hydrogen) atoms. The summed E-state index contributed by atoms with van der Waals surface area (Å²) in [5.74, 6) is 0.110. The fraction of sp³-hybridized carbons (Fsp3) is 0.562. The molecular formula is C16H22N2O2. The molecule has 3 unspecified atom stereocenters. The Morgan fingerprint density at radius 3 is 3.00 bits per heavy atom. The number of ether oxygens (including phenoxy) is 1. The topological polar surface area (TPSA) is 50.4 Å². The summed E-state index contributed by atoms with van der Waals surface area (Å²) in [4.78, 5) is 12.6. The first kappa shape index (κ1) is 13.4. The number of amides is 1. The lowest BCUT2D eigenvalue weighted by atomic mass is 9.90. The van der Waals surface area contributed by atoms with Crippen LogP contribution in [0.15, 0.2) is 24.3 Å². The van der Waals surface area contributed by atoms with Crippen LogP contribution in [0, 0.1) is 0 Å². The molecule has 1 aliphatic carbocycles. The van der Waals surface area contributed by atoms with E-state index >= 15 is 0 Å². The first-order chi connectivity index (χ1) is 9.79. The largest absolute Gasteiger partial charge is 0.385 e. The number of carbonyl (C=O) groups is 1. The minimum atomic E-state index is -0.0365. The number of para-hydroxylation sites is 1. The lowest BCUT2D eigenvalue weighted by Crippen LogP contribution is -2.43. The van der Waals surface area contributed by atoms with Gasteiger partial charge in [0.15, 0.2) is 0 Å². The van der Waals surface area contributed by atoms with Gasteiger partial charge in [0.2, 0.25) is 5.91 Å². The number of hydrogen-bond donors (Lipinski definition) is 2. The van der Waals surface area contributed by atoms with E-state index in [-0.39, 0.29) is 24.0 Å². The fourth-order valence-corrected chi connectivity index (χ4v) is 3.40. The van der Waals surface area contributed by atoms with Crippen LogP contribution in [0.1, 0.15) is 37.2 Å². The highest BCUT2D eigenvalue weighted by molar-refractivity contribution is 5.86. The van der Waals surface area contributed by atoms with Crippen LogP contribution in [0.5, 0.6) is 0 Å². The Balaban J connectivity index is 1.72. The molecule has 3 rings (SSSR count). The van der Waals surface area contributed by atoms with E-state index in [1.807, 2.05) is 24.3 Å². The van der Waals surface area contributed by atoms with Crippen LogP contribution in [0.2, 0.25) is 0 Å². The van der Waals surface area contributed by atoms with Gasteiger partial charge >= 0.3 is 0 Å². The quantitative estimate of drug-likeness (QED) is 0.889. The number of anilines is 1. The highest BCUT2D eigenvalue weighted by Crippen LogP contribution is 2.32. The summed E-state index contributed by atoms with van der Waals surface area (Å²) in [6.45, 7) is 0.855. The molecule has 1 fully saturated rings. The summed E-state index contributed by atoms with van der Waals surface area (Å²) >= 11 is 0. The van der Waals surface area contributed by atoms with Crippen LogP contribution in [-0.4, -0.2) is 31.7 Å². The van der Waals surface area contributed by atoms with E-state index < -0.39 is 0 Å². The van der Waals surface area contributed by atoms with Gasteiger partial charge in [-0.15, -0.1) is 0 Å². The van der Waals surface area contributed by atoms with Gasteiger partial charge in [0.1, 0.15) is 0 Å². The molecule has 108 valence electrons. The van der Waals surface area contributed by atoms with Crippen LogP contribution in [0.25, 0.3) is 0 Å². The molecule has 0 aromatic heterocycles. The third kappa shape index (κ3) is 2.52. The number of methoxy groups -OCH3 is 1. The molecule has 2 aliphatic rings. The van der Waals surface area contributed by atoms with Crippen molar-refractivity contribution in [3.63, 3.8) is 0 Å². The van der Waals surface area contributed by atoms with Gasteiger partial charge in [-0.1, -0.05) is 18.2 Å². The second-order valence-electron chi connectivity index (χ2n) is 5.68. The van der Waals surface area contributed by atoms with E-state index in [1.54, 1.807) is 7.11 Å². The van der Waals surface area contributed by atoms with Crippen LogP contribution in [0.4, 0.5) is 5.69 Å². The van der Waals surface area contributed by atoms with E-state index in [0.717, 1.165) is 43.5 Å². The summed E-state index contributed by atoms with van der Waals surface area (Å²) in [5.41, 5.74) is 2.21. The molecule has 0 saturated heterocycles. The van der Waals surface area contributed by atoms with Gasteiger partial charge in [-0.3, -0.25) is 4.79 Å². The maximum atomic E-state index is 12.6. The van der Waals surface area contributed by atoms with Gasteiger partial charge in [0.25, 0.3) is 0 Å². The molecule has 1 heterocycles. The highest BCUT2D eigenvalue weighted by Gasteiger charge is 2.32. The average Bonchev–Trinajstić information content (AvgIpc) is 2.93. The number of nitrogens with one attached hydrogen (secondary N) is 2. The second-order valence-corrected chi connectivity index (χ2v) is 5.68. The Hall–Kier alpha value is -1.55. The summed E-state index contributed by atoms with van der Waals surface area (Å²) < 4.78 is 5.45. The van der Waals surface area contributed by atoms with Gasteiger partial charge in [-0.05, 0) is 37.3 Å². The van der Waals surface area contributed by atoms with Gasteiger partial charge in [-0.2, -0.15) is 0 Å². The SMILES string of the molecule is COC1CCCC1NC(=O)C1CCNc2ccccc21. The maximum absolute atomic E-state index is 12.6. The van der Waals surface area contributed by atoms with Crippen molar-refractivity contribution in [3.05, 3.63) is 29.8 Å². The summed E-state index contributed by atoms with van der Waals surface area (Å²) in [6, 6.07) is 8.27. The minimum absolute atomic E-state index is 0.0365. The molecule has 1 saturated carbocycles. The molecule has 3 atom stereocenters. The van der Waals surface area contributed by atoms with E-state index in [0.29, 0.717) is 0 Å². The second kappa shape index (κ2) is 5.83. The maximum Gasteiger partial charge on any atom is 0.227 e. The van der Waals surface area contributed by atoms with Crippen molar-refractivity contribution in [2.24, 2.45) is 0 Å². The van der Waals surface area contributed by atoms with E-state index in [2.05, 4.69) is 10.6 Å². The Labute approximate surface area is 119 Å². The Bertz CT molecular complexity index is 489. The van der Waals surface area contributed by atoms with Crippen LogP contribution < -0.4 is 10.6 Å². The third-order valence-electron chi connectivity index (χ3n) is 4.48. The first-order valence-corrected chi connectivity index (χ1v) is 7.45. The molecule has 1 aromatic carbocycles.